The third-order valence-electron chi connectivity index (χ3n) is 2.29. The minimum atomic E-state index is -0.437. The Hall–Kier alpha value is -0.940. The summed E-state index contributed by atoms with van der Waals surface area (Å²) in [5, 5.41) is 0. The van der Waals surface area contributed by atoms with Gasteiger partial charge in [-0.25, -0.2) is 4.39 Å². The summed E-state index contributed by atoms with van der Waals surface area (Å²) in [5.41, 5.74) is 5.87. The fraction of sp³-hybridized carbons (Fsp3) is 0.364. The Morgan fingerprint density at radius 1 is 1.62 bits per heavy atom. The Morgan fingerprint density at radius 3 is 2.75 bits per heavy atom. The Labute approximate surface area is 102 Å². The van der Waals surface area contributed by atoms with E-state index >= 15 is 0 Å². The average molecular weight is 290 g/mol. The van der Waals surface area contributed by atoms with E-state index in [1.54, 1.807) is 6.92 Å². The highest BCUT2D eigenvalue weighted by Crippen LogP contribution is 2.33. The lowest BCUT2D eigenvalue weighted by Gasteiger charge is -2.13. The smallest absolute Gasteiger partial charge is 0.168 e. The minimum Gasteiger partial charge on any atom is -0.495 e. The second kappa shape index (κ2) is 5.41. The van der Waals surface area contributed by atoms with Crippen LogP contribution in [0.3, 0.4) is 0 Å². The summed E-state index contributed by atoms with van der Waals surface area (Å²) in [6.07, 6.45) is 0.174. The first-order valence-corrected chi connectivity index (χ1v) is 5.58. The third-order valence-corrected chi connectivity index (χ3v) is 2.87. The number of hydrogen-bond donors (Lipinski definition) is 1. The molecule has 1 rings (SSSR count). The molecule has 0 fully saturated rings. The molecule has 0 radical (unpaired) electrons. The Kier molecular flexibility index (Phi) is 4.44. The van der Waals surface area contributed by atoms with Crippen LogP contribution < -0.4 is 10.5 Å². The molecule has 0 bridgehead atoms. The van der Waals surface area contributed by atoms with Gasteiger partial charge >= 0.3 is 0 Å². The molecule has 0 aliphatic rings. The summed E-state index contributed by atoms with van der Waals surface area (Å²) in [4.78, 5) is 11.8. The van der Waals surface area contributed by atoms with Crippen molar-refractivity contribution < 1.29 is 13.9 Å². The van der Waals surface area contributed by atoms with Crippen molar-refractivity contribution in [1.82, 2.24) is 0 Å². The molecular formula is C11H13BrFNO2. The first-order chi connectivity index (χ1) is 7.52. The summed E-state index contributed by atoms with van der Waals surface area (Å²) in [6, 6.07) is 1.29. The van der Waals surface area contributed by atoms with Crippen LogP contribution in [0, 0.1) is 12.7 Å². The number of hydrogen-bond acceptors (Lipinski definition) is 3. The Bertz CT molecular complexity index is 421. The summed E-state index contributed by atoms with van der Waals surface area (Å²) in [7, 11) is 1.44. The maximum Gasteiger partial charge on any atom is 0.168 e. The van der Waals surface area contributed by atoms with E-state index in [-0.39, 0.29) is 24.3 Å². The van der Waals surface area contributed by atoms with Gasteiger partial charge in [0.2, 0.25) is 0 Å². The van der Waals surface area contributed by atoms with Crippen molar-refractivity contribution >= 4 is 21.7 Å². The minimum absolute atomic E-state index is 0.174. The van der Waals surface area contributed by atoms with Gasteiger partial charge in [0.05, 0.1) is 17.1 Å². The van der Waals surface area contributed by atoms with E-state index in [1.165, 1.54) is 13.2 Å². The summed E-state index contributed by atoms with van der Waals surface area (Å²) < 4.78 is 19.0. The number of ether oxygens (including phenoxy) is 1. The zero-order chi connectivity index (χ0) is 12.3. The van der Waals surface area contributed by atoms with Crippen molar-refractivity contribution in [1.29, 1.82) is 0 Å². The molecule has 0 aliphatic heterocycles. The molecule has 2 N–H and O–H groups in total. The van der Waals surface area contributed by atoms with E-state index in [1.807, 2.05) is 0 Å². The van der Waals surface area contributed by atoms with Gasteiger partial charge in [0, 0.05) is 6.42 Å². The fourth-order valence-electron chi connectivity index (χ4n) is 1.49. The molecule has 1 aromatic carbocycles. The number of halogens is 2. The maximum atomic E-state index is 13.5. The summed E-state index contributed by atoms with van der Waals surface area (Å²) >= 11 is 3.16. The van der Waals surface area contributed by atoms with E-state index < -0.39 is 5.82 Å². The van der Waals surface area contributed by atoms with Crippen LogP contribution in [0.5, 0.6) is 5.75 Å². The van der Waals surface area contributed by atoms with Crippen LogP contribution >= 0.6 is 15.9 Å². The normalized spacial score (nSPS) is 10.3. The van der Waals surface area contributed by atoms with Crippen molar-refractivity contribution in [2.24, 2.45) is 5.73 Å². The van der Waals surface area contributed by atoms with Crippen molar-refractivity contribution in [3.8, 4) is 5.75 Å². The Balaban J connectivity index is 3.38. The number of carbonyl (C=O) groups is 1. The molecule has 0 saturated heterocycles. The summed E-state index contributed by atoms with van der Waals surface area (Å²) in [5.74, 6) is -0.289. The van der Waals surface area contributed by atoms with Gasteiger partial charge in [0.15, 0.2) is 5.78 Å². The van der Waals surface area contributed by atoms with Gasteiger partial charge in [-0.3, -0.25) is 4.79 Å². The van der Waals surface area contributed by atoms with Gasteiger partial charge < -0.3 is 10.5 Å². The maximum absolute atomic E-state index is 13.5. The molecule has 0 aromatic heterocycles. The standard InChI is InChI=1S/C11H13BrFNO2/c1-6-8(13)5-7(12)11(16-2)10(6)9(15)3-4-14/h5H,3-4,14H2,1-2H3. The van der Waals surface area contributed by atoms with Gasteiger partial charge in [-0.1, -0.05) is 0 Å². The molecule has 0 atom stereocenters. The Morgan fingerprint density at radius 2 is 2.25 bits per heavy atom. The lowest BCUT2D eigenvalue weighted by molar-refractivity contribution is 0.0981. The highest BCUT2D eigenvalue weighted by atomic mass is 79.9. The monoisotopic (exact) mass is 289 g/mol. The SMILES string of the molecule is COc1c(Br)cc(F)c(C)c1C(=O)CCN. The molecule has 0 amide bonds. The molecule has 0 unspecified atom stereocenters. The average Bonchev–Trinajstić information content (AvgIpc) is 2.23. The van der Waals surface area contributed by atoms with E-state index in [0.29, 0.717) is 15.8 Å². The van der Waals surface area contributed by atoms with Crippen LogP contribution in [-0.4, -0.2) is 19.4 Å². The molecule has 0 aliphatic carbocycles. The number of rotatable bonds is 4. The lowest BCUT2D eigenvalue weighted by Crippen LogP contribution is -2.12. The van der Waals surface area contributed by atoms with Gasteiger partial charge in [-0.15, -0.1) is 0 Å². The number of ketones is 1. The van der Waals surface area contributed by atoms with Gasteiger partial charge in [0.1, 0.15) is 11.6 Å². The van der Waals surface area contributed by atoms with E-state index in [9.17, 15) is 9.18 Å². The molecule has 0 heterocycles. The van der Waals surface area contributed by atoms with Crippen LogP contribution in [0.25, 0.3) is 0 Å². The number of carbonyl (C=O) groups excluding carboxylic acids is 1. The topological polar surface area (TPSA) is 52.3 Å². The number of methoxy groups -OCH3 is 1. The molecule has 1 aromatic rings. The first kappa shape index (κ1) is 13.1. The second-order valence-corrected chi connectivity index (χ2v) is 4.19. The number of nitrogens with two attached hydrogens (primary N) is 1. The third kappa shape index (κ3) is 2.41. The molecule has 88 valence electrons. The molecule has 0 saturated carbocycles. The molecule has 0 spiro atoms. The van der Waals surface area contributed by atoms with Crippen molar-refractivity contribution in [3.63, 3.8) is 0 Å². The largest absolute Gasteiger partial charge is 0.495 e. The fourth-order valence-corrected chi connectivity index (χ4v) is 2.05. The van der Waals surface area contributed by atoms with Gasteiger partial charge in [0.25, 0.3) is 0 Å². The van der Waals surface area contributed by atoms with Crippen molar-refractivity contribution in [3.05, 3.63) is 27.5 Å². The van der Waals surface area contributed by atoms with Gasteiger partial charge in [-0.05, 0) is 41.0 Å². The van der Waals surface area contributed by atoms with Crippen LogP contribution in [0.2, 0.25) is 0 Å². The van der Waals surface area contributed by atoms with Crippen LogP contribution in [0.1, 0.15) is 22.3 Å². The summed E-state index contributed by atoms with van der Waals surface area (Å²) in [6.45, 7) is 1.78. The van der Waals surface area contributed by atoms with E-state index in [0.717, 1.165) is 0 Å². The van der Waals surface area contributed by atoms with Crippen molar-refractivity contribution in [2.45, 2.75) is 13.3 Å². The quantitative estimate of drug-likeness (QED) is 0.866. The number of benzene rings is 1. The second-order valence-electron chi connectivity index (χ2n) is 3.34. The molecule has 5 heteroatoms. The van der Waals surface area contributed by atoms with Gasteiger partial charge in [-0.2, -0.15) is 0 Å². The van der Waals surface area contributed by atoms with E-state index in [2.05, 4.69) is 15.9 Å². The molecular weight excluding hydrogens is 277 g/mol. The highest BCUT2D eigenvalue weighted by molar-refractivity contribution is 9.10. The number of Topliss-reactive ketones (excluding diaryl/α,β-unsaturated/α-hetero) is 1. The van der Waals surface area contributed by atoms with Crippen LogP contribution in [0.4, 0.5) is 4.39 Å². The molecule has 3 nitrogen and oxygen atoms in total. The van der Waals surface area contributed by atoms with Crippen LogP contribution in [0.15, 0.2) is 10.5 Å². The molecule has 16 heavy (non-hydrogen) atoms. The van der Waals surface area contributed by atoms with Crippen molar-refractivity contribution in [2.75, 3.05) is 13.7 Å². The predicted octanol–water partition coefficient (Wildman–Crippen LogP) is 2.44. The predicted molar refractivity (Wildman–Crippen MR) is 63.4 cm³/mol. The van der Waals surface area contributed by atoms with E-state index in [4.69, 9.17) is 10.5 Å². The van der Waals surface area contributed by atoms with Crippen LogP contribution in [-0.2, 0) is 0 Å². The lowest BCUT2D eigenvalue weighted by atomic mass is 10.0. The first-order valence-electron chi connectivity index (χ1n) is 4.78. The zero-order valence-electron chi connectivity index (χ0n) is 9.14. The zero-order valence-corrected chi connectivity index (χ0v) is 10.7. The highest BCUT2D eigenvalue weighted by Gasteiger charge is 2.20.